The molecule has 1 aliphatic heterocycles. The number of nitrogens with two attached hydrogens (primary N) is 2. The van der Waals surface area contributed by atoms with E-state index in [0.717, 1.165) is 43.9 Å². The van der Waals surface area contributed by atoms with Crippen molar-refractivity contribution >= 4 is 11.8 Å². The third kappa shape index (κ3) is 3.62. The molecule has 3 rings (SSSR count). The van der Waals surface area contributed by atoms with Crippen LogP contribution in [-0.4, -0.2) is 53.0 Å². The average molecular weight is 351 g/mol. The quantitative estimate of drug-likeness (QED) is 0.863. The van der Waals surface area contributed by atoms with Crippen LogP contribution >= 0.6 is 0 Å². The van der Waals surface area contributed by atoms with Gasteiger partial charge in [-0.2, -0.15) is 10.2 Å². The molecule has 0 saturated carbocycles. The molecule has 1 saturated heterocycles. The maximum absolute atomic E-state index is 9.49. The molecule has 2 heterocycles. The van der Waals surface area contributed by atoms with Gasteiger partial charge in [-0.05, 0) is 43.7 Å². The van der Waals surface area contributed by atoms with Crippen LogP contribution in [0.5, 0.6) is 0 Å². The maximum atomic E-state index is 9.49. The van der Waals surface area contributed by atoms with Gasteiger partial charge in [0.1, 0.15) is 17.5 Å². The van der Waals surface area contributed by atoms with Gasteiger partial charge in [-0.1, -0.05) is 6.07 Å². The first-order valence-corrected chi connectivity index (χ1v) is 8.73. The topological polar surface area (TPSA) is 108 Å². The summed E-state index contributed by atoms with van der Waals surface area (Å²) >= 11 is 0. The number of anilines is 2. The van der Waals surface area contributed by atoms with Crippen molar-refractivity contribution in [3.63, 3.8) is 0 Å². The Morgan fingerprint density at radius 3 is 2.42 bits per heavy atom. The first-order valence-electron chi connectivity index (χ1n) is 8.73. The van der Waals surface area contributed by atoms with Crippen LogP contribution in [0.15, 0.2) is 12.1 Å². The number of piperazine rings is 1. The number of nitriles is 1. The van der Waals surface area contributed by atoms with Gasteiger partial charge >= 0.3 is 0 Å². The molecule has 0 bridgehead atoms. The number of aryl methyl sites for hydroxylation is 2. The Morgan fingerprint density at radius 1 is 1.08 bits per heavy atom. The van der Waals surface area contributed by atoms with E-state index >= 15 is 0 Å². The van der Waals surface area contributed by atoms with Gasteiger partial charge in [0.15, 0.2) is 0 Å². The fourth-order valence-electron chi connectivity index (χ4n) is 3.37. The Bertz CT molecular complexity index is 861. The lowest BCUT2D eigenvalue weighted by Gasteiger charge is -2.32. The molecule has 1 aromatic heterocycles. The van der Waals surface area contributed by atoms with Gasteiger partial charge in [-0.3, -0.25) is 4.90 Å². The van der Waals surface area contributed by atoms with Crippen LogP contribution in [0.2, 0.25) is 0 Å². The Morgan fingerprint density at radius 2 is 1.77 bits per heavy atom. The number of benzene rings is 1. The lowest BCUT2D eigenvalue weighted by molar-refractivity contribution is 0.148. The molecular formula is C19H25N7. The van der Waals surface area contributed by atoms with Crippen LogP contribution in [0, 0.1) is 25.2 Å². The van der Waals surface area contributed by atoms with E-state index in [-0.39, 0.29) is 17.3 Å². The van der Waals surface area contributed by atoms with E-state index in [1.165, 1.54) is 11.1 Å². The molecule has 4 N–H and O–H groups in total. The van der Waals surface area contributed by atoms with Crippen molar-refractivity contribution in [2.45, 2.75) is 20.4 Å². The Labute approximate surface area is 154 Å². The predicted molar refractivity (Wildman–Crippen MR) is 103 cm³/mol. The summed E-state index contributed by atoms with van der Waals surface area (Å²) in [6.45, 7) is 9.27. The van der Waals surface area contributed by atoms with Gasteiger partial charge in [-0.25, -0.2) is 4.98 Å². The molecule has 26 heavy (non-hydrogen) atoms. The molecule has 7 heteroatoms. The van der Waals surface area contributed by atoms with E-state index in [2.05, 4.69) is 51.9 Å². The highest BCUT2D eigenvalue weighted by atomic mass is 15.2. The van der Waals surface area contributed by atoms with Gasteiger partial charge in [0, 0.05) is 38.3 Å². The van der Waals surface area contributed by atoms with Crippen molar-refractivity contribution in [2.24, 2.45) is 0 Å². The summed E-state index contributed by atoms with van der Waals surface area (Å²) in [6, 6.07) is 6.37. The summed E-state index contributed by atoms with van der Waals surface area (Å²) in [7, 11) is 2.15. The highest BCUT2D eigenvalue weighted by Gasteiger charge is 2.19. The number of hydrogen-bond acceptors (Lipinski definition) is 7. The second-order valence-electron chi connectivity index (χ2n) is 6.98. The van der Waals surface area contributed by atoms with Crippen LogP contribution in [0.3, 0.4) is 0 Å². The molecule has 136 valence electrons. The second kappa shape index (κ2) is 7.28. The first kappa shape index (κ1) is 18.1. The van der Waals surface area contributed by atoms with Crippen LogP contribution in [-0.2, 0) is 6.54 Å². The van der Waals surface area contributed by atoms with Gasteiger partial charge in [-0.15, -0.1) is 0 Å². The van der Waals surface area contributed by atoms with E-state index in [4.69, 9.17) is 11.5 Å². The molecule has 0 unspecified atom stereocenters. The maximum Gasteiger partial charge on any atom is 0.222 e. The van der Waals surface area contributed by atoms with E-state index in [9.17, 15) is 5.26 Å². The number of hydrogen-bond donors (Lipinski definition) is 2. The van der Waals surface area contributed by atoms with Gasteiger partial charge in [0.25, 0.3) is 0 Å². The van der Waals surface area contributed by atoms with Gasteiger partial charge in [0.05, 0.1) is 5.69 Å². The van der Waals surface area contributed by atoms with E-state index in [1.807, 2.05) is 6.92 Å². The van der Waals surface area contributed by atoms with Crippen LogP contribution < -0.4 is 11.5 Å². The SMILES string of the molecule is Cc1cc(C)c(-c2nc(N)nc(N)c2C#N)cc1CN1CCN(C)CC1. The Kier molecular flexibility index (Phi) is 5.07. The summed E-state index contributed by atoms with van der Waals surface area (Å²) in [5.74, 6) is 0.202. The molecule has 1 aromatic carbocycles. The summed E-state index contributed by atoms with van der Waals surface area (Å²) in [5.41, 5.74) is 16.8. The lowest BCUT2D eigenvalue weighted by Crippen LogP contribution is -2.43. The molecular weight excluding hydrogens is 326 g/mol. The fourth-order valence-corrected chi connectivity index (χ4v) is 3.37. The highest BCUT2D eigenvalue weighted by Crippen LogP contribution is 2.30. The van der Waals surface area contributed by atoms with Crippen LogP contribution in [0.1, 0.15) is 22.3 Å². The normalized spacial score (nSPS) is 15.8. The number of nitrogen functional groups attached to an aromatic ring is 2. The number of rotatable bonds is 3. The molecule has 0 amide bonds. The monoisotopic (exact) mass is 351 g/mol. The molecule has 2 aromatic rings. The molecule has 0 aliphatic carbocycles. The highest BCUT2D eigenvalue weighted by molar-refractivity contribution is 5.76. The smallest absolute Gasteiger partial charge is 0.222 e. The number of nitrogens with zero attached hydrogens (tertiary/aromatic N) is 5. The van der Waals surface area contributed by atoms with Gasteiger partial charge in [0.2, 0.25) is 5.95 Å². The first-order chi connectivity index (χ1) is 12.4. The van der Waals surface area contributed by atoms with Crippen molar-refractivity contribution in [3.8, 4) is 17.3 Å². The van der Waals surface area contributed by atoms with Crippen LogP contribution in [0.4, 0.5) is 11.8 Å². The zero-order valence-corrected chi connectivity index (χ0v) is 15.6. The number of aromatic nitrogens is 2. The fraction of sp³-hybridized carbons (Fsp3) is 0.421. The third-order valence-electron chi connectivity index (χ3n) is 4.99. The average Bonchev–Trinajstić information content (AvgIpc) is 2.58. The minimum atomic E-state index is 0.0806. The summed E-state index contributed by atoms with van der Waals surface area (Å²) in [4.78, 5) is 13.0. The minimum absolute atomic E-state index is 0.0806. The molecule has 1 fully saturated rings. The zero-order chi connectivity index (χ0) is 18.8. The molecule has 7 nitrogen and oxygen atoms in total. The van der Waals surface area contributed by atoms with Gasteiger partial charge < -0.3 is 16.4 Å². The van der Waals surface area contributed by atoms with Crippen molar-refractivity contribution in [3.05, 3.63) is 34.4 Å². The van der Waals surface area contributed by atoms with Crippen molar-refractivity contribution in [1.29, 1.82) is 5.26 Å². The minimum Gasteiger partial charge on any atom is -0.382 e. The summed E-state index contributed by atoms with van der Waals surface area (Å²) in [6.07, 6.45) is 0. The van der Waals surface area contributed by atoms with E-state index in [1.54, 1.807) is 0 Å². The molecule has 0 atom stereocenters. The third-order valence-corrected chi connectivity index (χ3v) is 4.99. The largest absolute Gasteiger partial charge is 0.382 e. The second-order valence-corrected chi connectivity index (χ2v) is 6.98. The summed E-state index contributed by atoms with van der Waals surface area (Å²) < 4.78 is 0. The van der Waals surface area contributed by atoms with Crippen molar-refractivity contribution in [2.75, 3.05) is 44.7 Å². The molecule has 0 spiro atoms. The Hall–Kier alpha value is -2.69. The van der Waals surface area contributed by atoms with Crippen LogP contribution in [0.25, 0.3) is 11.3 Å². The zero-order valence-electron chi connectivity index (χ0n) is 15.6. The van der Waals surface area contributed by atoms with Crippen molar-refractivity contribution in [1.82, 2.24) is 19.8 Å². The summed E-state index contributed by atoms with van der Waals surface area (Å²) in [5, 5.41) is 9.49. The Balaban J connectivity index is 2.01. The van der Waals surface area contributed by atoms with E-state index in [0.29, 0.717) is 5.69 Å². The van der Waals surface area contributed by atoms with Crippen molar-refractivity contribution < 1.29 is 0 Å². The number of likely N-dealkylation sites (N-methyl/N-ethyl adjacent to an activating group) is 1. The van der Waals surface area contributed by atoms with E-state index < -0.39 is 0 Å². The molecule has 1 aliphatic rings. The lowest BCUT2D eigenvalue weighted by atomic mass is 9.95. The standard InChI is InChI=1S/C19H25N7/c1-12-8-13(2)15(17-16(10-20)18(21)24-19(22)23-17)9-14(12)11-26-6-4-25(3)5-7-26/h8-9H,4-7,11H2,1-3H3,(H4,21,22,23,24). The molecule has 0 radical (unpaired) electrons. The predicted octanol–water partition coefficient (Wildman–Crippen LogP) is 1.54.